The molecule has 2 amide bonds. The van der Waals surface area contributed by atoms with E-state index in [1.165, 1.54) is 26.5 Å². The van der Waals surface area contributed by atoms with Crippen molar-refractivity contribution in [3.8, 4) is 0 Å². The van der Waals surface area contributed by atoms with E-state index < -0.39 is 35.3 Å². The number of fused-ring (bicyclic) bond motifs is 1. The van der Waals surface area contributed by atoms with Gasteiger partial charge >= 0.3 is 11.9 Å². The fourth-order valence-electron chi connectivity index (χ4n) is 3.95. The molecule has 34 heavy (non-hydrogen) atoms. The molecular weight excluding hydrogens is 498 g/mol. The number of thioether (sulfide) groups is 1. The Morgan fingerprint density at radius 1 is 1.18 bits per heavy atom. The lowest BCUT2D eigenvalue weighted by molar-refractivity contribution is -0.154. The second kappa shape index (κ2) is 12.7. The molecule has 2 saturated heterocycles. The van der Waals surface area contributed by atoms with Crippen molar-refractivity contribution >= 4 is 57.1 Å². The number of nitrogens with one attached hydrogen (secondary N) is 1. The van der Waals surface area contributed by atoms with Crippen LogP contribution in [0.25, 0.3) is 0 Å². The molecule has 1 aromatic rings. The normalized spacial score (nSPS) is 24.4. The molecule has 5 N–H and O–H groups in total. The fourth-order valence-corrected chi connectivity index (χ4v) is 7.93. The van der Waals surface area contributed by atoms with E-state index >= 15 is 0 Å². The molecule has 2 aliphatic heterocycles. The van der Waals surface area contributed by atoms with Crippen LogP contribution in [0.2, 0.25) is 0 Å². The van der Waals surface area contributed by atoms with E-state index in [-0.39, 0.29) is 22.9 Å². The highest BCUT2D eigenvalue weighted by Crippen LogP contribution is 2.35. The summed E-state index contributed by atoms with van der Waals surface area (Å²) in [6.45, 7) is 0. The van der Waals surface area contributed by atoms with Gasteiger partial charge in [0, 0.05) is 5.75 Å². The Kier molecular flexibility index (Phi) is 9.98. The van der Waals surface area contributed by atoms with E-state index in [9.17, 15) is 24.3 Å². The average Bonchev–Trinajstić information content (AvgIpc) is 2.97. The van der Waals surface area contributed by atoms with Gasteiger partial charge in [0.15, 0.2) is 0 Å². The molecule has 2 fully saturated rings. The van der Waals surface area contributed by atoms with Crippen LogP contribution in [-0.4, -0.2) is 79.1 Å². The van der Waals surface area contributed by atoms with Gasteiger partial charge in [-0.05, 0) is 43.4 Å². The number of hydrogen-bond donors (Lipinski definition) is 4. The van der Waals surface area contributed by atoms with E-state index in [2.05, 4.69) is 5.32 Å². The molecule has 9 nitrogen and oxygen atoms in total. The average molecular weight is 528 g/mol. The third kappa shape index (κ3) is 7.06. The summed E-state index contributed by atoms with van der Waals surface area (Å²) >= 11 is 1.57. The molecule has 0 bridgehead atoms. The first-order valence-electron chi connectivity index (χ1n) is 11.1. The molecule has 2 aliphatic rings. The zero-order valence-corrected chi connectivity index (χ0v) is 20.9. The quantitative estimate of drug-likeness (QED) is 0.332. The summed E-state index contributed by atoms with van der Waals surface area (Å²) in [5, 5.41) is 20.7. The number of piperidine rings is 1. The summed E-state index contributed by atoms with van der Waals surface area (Å²) in [6.07, 6.45) is 2.72. The molecular formula is C22H29N3O6S3. The standard InChI is InChI=1S/C22H29N3O6S3/c23-14(21(28)29)12-33-34-17(11-13-5-2-1-3-6-13)19(26)24-15-9-10-32-18-8-4-7-16(22(30)31)25(18)20(15)27/h1-3,5-6,14-18H,4,7-12,23H2,(H,24,26)(H,28,29)(H,30,31)/t14-,15-,16-,17-,18-/m0/s1. The minimum absolute atomic E-state index is 0.132. The topological polar surface area (TPSA) is 150 Å². The number of carboxylic acid groups (broad SMARTS) is 2. The lowest BCUT2D eigenvalue weighted by atomic mass is 10.00. The summed E-state index contributed by atoms with van der Waals surface area (Å²) in [7, 11) is 2.44. The number of nitrogens with two attached hydrogens (primary N) is 1. The van der Waals surface area contributed by atoms with E-state index in [0.29, 0.717) is 25.0 Å². The number of nitrogens with zero attached hydrogens (tertiary/aromatic N) is 1. The van der Waals surface area contributed by atoms with Crippen LogP contribution >= 0.6 is 33.3 Å². The van der Waals surface area contributed by atoms with Gasteiger partial charge in [0.25, 0.3) is 0 Å². The van der Waals surface area contributed by atoms with Gasteiger partial charge in [-0.25, -0.2) is 4.79 Å². The van der Waals surface area contributed by atoms with Crippen molar-refractivity contribution in [2.45, 2.75) is 60.9 Å². The predicted octanol–water partition coefficient (Wildman–Crippen LogP) is 1.80. The second-order valence-corrected chi connectivity index (χ2v) is 12.1. The maximum atomic E-state index is 13.3. The van der Waals surface area contributed by atoms with E-state index in [1.807, 2.05) is 30.3 Å². The van der Waals surface area contributed by atoms with Gasteiger partial charge in [-0.1, -0.05) is 51.9 Å². The Morgan fingerprint density at radius 2 is 1.91 bits per heavy atom. The van der Waals surface area contributed by atoms with Crippen molar-refractivity contribution in [3.05, 3.63) is 35.9 Å². The van der Waals surface area contributed by atoms with Gasteiger partial charge in [-0.3, -0.25) is 14.4 Å². The van der Waals surface area contributed by atoms with E-state index in [4.69, 9.17) is 10.8 Å². The van der Waals surface area contributed by atoms with Crippen molar-refractivity contribution in [1.29, 1.82) is 0 Å². The summed E-state index contributed by atoms with van der Waals surface area (Å²) < 4.78 is 0. The lowest BCUT2D eigenvalue weighted by Crippen LogP contribution is -2.57. The predicted molar refractivity (Wildman–Crippen MR) is 135 cm³/mol. The van der Waals surface area contributed by atoms with E-state index in [0.717, 1.165) is 18.4 Å². The molecule has 0 saturated carbocycles. The number of aliphatic carboxylic acids is 2. The molecule has 0 spiro atoms. The number of carbonyl (C=O) groups is 4. The van der Waals surface area contributed by atoms with Crippen molar-refractivity contribution < 1.29 is 29.4 Å². The minimum Gasteiger partial charge on any atom is -0.480 e. The van der Waals surface area contributed by atoms with Crippen LogP contribution in [0, 0.1) is 0 Å². The van der Waals surface area contributed by atoms with Crippen LogP contribution in [0.5, 0.6) is 0 Å². The van der Waals surface area contributed by atoms with Crippen molar-refractivity contribution in [2.24, 2.45) is 5.73 Å². The number of rotatable bonds is 10. The Balaban J connectivity index is 1.71. The highest BCUT2D eigenvalue weighted by atomic mass is 33.1. The largest absolute Gasteiger partial charge is 0.480 e. The van der Waals surface area contributed by atoms with Crippen LogP contribution in [0.1, 0.15) is 31.2 Å². The lowest BCUT2D eigenvalue weighted by Gasteiger charge is -2.39. The number of carboxylic acids is 2. The van der Waals surface area contributed by atoms with Gasteiger partial charge in [0.2, 0.25) is 11.8 Å². The molecule has 0 unspecified atom stereocenters. The molecule has 186 valence electrons. The van der Waals surface area contributed by atoms with Crippen molar-refractivity contribution in [1.82, 2.24) is 10.2 Å². The molecule has 12 heteroatoms. The zero-order chi connectivity index (χ0) is 24.7. The molecule has 0 radical (unpaired) electrons. The van der Waals surface area contributed by atoms with E-state index in [1.54, 1.807) is 11.8 Å². The first kappa shape index (κ1) is 26.7. The smallest absolute Gasteiger partial charge is 0.326 e. The molecule has 0 aromatic heterocycles. The van der Waals surface area contributed by atoms with Gasteiger partial charge in [0.1, 0.15) is 18.1 Å². The Hall–Kier alpha value is -1.89. The Morgan fingerprint density at radius 3 is 2.59 bits per heavy atom. The number of amides is 2. The number of hydrogen-bond acceptors (Lipinski definition) is 8. The van der Waals surface area contributed by atoms with Gasteiger partial charge in [0.05, 0.1) is 10.6 Å². The van der Waals surface area contributed by atoms with Crippen LogP contribution in [0.4, 0.5) is 0 Å². The highest BCUT2D eigenvalue weighted by molar-refractivity contribution is 8.77. The summed E-state index contributed by atoms with van der Waals surface area (Å²) in [4.78, 5) is 50.8. The summed E-state index contributed by atoms with van der Waals surface area (Å²) in [5.41, 5.74) is 6.51. The van der Waals surface area contributed by atoms with Crippen LogP contribution in [-0.2, 0) is 25.6 Å². The van der Waals surface area contributed by atoms with Crippen LogP contribution < -0.4 is 11.1 Å². The first-order valence-corrected chi connectivity index (χ1v) is 14.5. The monoisotopic (exact) mass is 527 g/mol. The maximum Gasteiger partial charge on any atom is 0.326 e. The minimum atomic E-state index is -1.11. The number of carbonyl (C=O) groups excluding carboxylic acids is 2. The highest BCUT2D eigenvalue weighted by Gasteiger charge is 2.43. The van der Waals surface area contributed by atoms with Gasteiger partial charge < -0.3 is 26.2 Å². The van der Waals surface area contributed by atoms with Crippen molar-refractivity contribution in [3.63, 3.8) is 0 Å². The summed E-state index contributed by atoms with van der Waals surface area (Å²) in [6, 6.07) is 6.71. The SMILES string of the molecule is N[C@@H](CSS[C@@H](Cc1ccccc1)C(=O)N[C@H]1CCS[C@H]2CCC[C@@H](C(=O)O)N2C1=O)C(=O)O. The number of benzene rings is 1. The molecule has 3 rings (SSSR count). The molecule has 1 aromatic carbocycles. The fraction of sp³-hybridized carbons (Fsp3) is 0.545. The third-order valence-electron chi connectivity index (χ3n) is 5.75. The zero-order valence-electron chi connectivity index (χ0n) is 18.5. The van der Waals surface area contributed by atoms with Gasteiger partial charge in [-0.2, -0.15) is 0 Å². The van der Waals surface area contributed by atoms with Crippen LogP contribution in [0.15, 0.2) is 30.3 Å². The third-order valence-corrected chi connectivity index (χ3v) is 9.83. The Labute approximate surface area is 210 Å². The molecule has 2 heterocycles. The van der Waals surface area contributed by atoms with Crippen molar-refractivity contribution in [2.75, 3.05) is 11.5 Å². The summed E-state index contributed by atoms with van der Waals surface area (Å²) in [5.74, 6) is -2.04. The second-order valence-electron chi connectivity index (χ2n) is 8.21. The first-order chi connectivity index (χ1) is 16.3. The molecule has 0 aliphatic carbocycles. The molecule has 5 atom stereocenters. The maximum absolute atomic E-state index is 13.3. The Bertz CT molecular complexity index is 890. The van der Waals surface area contributed by atoms with Crippen LogP contribution in [0.3, 0.4) is 0 Å². The van der Waals surface area contributed by atoms with Gasteiger partial charge in [-0.15, -0.1) is 11.8 Å².